The molecular weight excluding hydrogens is 525 g/mol. The standard InChI is InChI=1S/C19H17BrIN3OS/c1-25-11-10-22-19-24(23-12-15-4-2-3-5-17(15)21)18(13-26-19)14-6-8-16(20)9-7-14/h2-9,12-13H,10-11H2,1H3. The quantitative estimate of drug-likeness (QED) is 0.245. The van der Waals surface area contributed by atoms with Crippen LogP contribution in [0.15, 0.2) is 68.5 Å². The molecule has 0 saturated heterocycles. The SMILES string of the molecule is COCCN=c1scc(-c2ccc(Br)cc2)n1N=Cc1ccccc1I. The van der Waals surface area contributed by atoms with Crippen LogP contribution in [0.25, 0.3) is 11.3 Å². The predicted molar refractivity (Wildman–Crippen MR) is 120 cm³/mol. The Hall–Kier alpha value is -1.29. The van der Waals surface area contributed by atoms with Crippen LogP contribution in [0.1, 0.15) is 5.56 Å². The number of aromatic nitrogens is 1. The summed E-state index contributed by atoms with van der Waals surface area (Å²) in [5.74, 6) is 0. The third kappa shape index (κ3) is 4.91. The molecule has 26 heavy (non-hydrogen) atoms. The molecule has 7 heteroatoms. The average Bonchev–Trinajstić information content (AvgIpc) is 3.05. The lowest BCUT2D eigenvalue weighted by Crippen LogP contribution is -2.13. The highest BCUT2D eigenvalue weighted by molar-refractivity contribution is 14.1. The zero-order chi connectivity index (χ0) is 18.4. The van der Waals surface area contributed by atoms with E-state index in [-0.39, 0.29) is 0 Å². The van der Waals surface area contributed by atoms with E-state index >= 15 is 0 Å². The summed E-state index contributed by atoms with van der Waals surface area (Å²) < 4.78 is 9.22. The molecule has 1 heterocycles. The summed E-state index contributed by atoms with van der Waals surface area (Å²) in [7, 11) is 1.68. The van der Waals surface area contributed by atoms with Crippen LogP contribution in [0.3, 0.4) is 0 Å². The first-order valence-electron chi connectivity index (χ1n) is 7.94. The van der Waals surface area contributed by atoms with Crippen molar-refractivity contribution in [2.75, 3.05) is 20.3 Å². The molecule has 4 nitrogen and oxygen atoms in total. The summed E-state index contributed by atoms with van der Waals surface area (Å²) in [6, 6.07) is 16.4. The highest BCUT2D eigenvalue weighted by atomic mass is 127. The van der Waals surface area contributed by atoms with Gasteiger partial charge < -0.3 is 4.74 Å². The summed E-state index contributed by atoms with van der Waals surface area (Å²) in [5.41, 5.74) is 3.19. The Labute approximate surface area is 178 Å². The largest absolute Gasteiger partial charge is 0.383 e. The molecule has 2 aromatic carbocycles. The first kappa shape index (κ1) is 19.5. The molecule has 0 aliphatic rings. The van der Waals surface area contributed by atoms with Gasteiger partial charge in [0.2, 0.25) is 4.80 Å². The van der Waals surface area contributed by atoms with E-state index < -0.39 is 0 Å². The Kier molecular flexibility index (Phi) is 7.18. The molecule has 1 aromatic heterocycles. The van der Waals surface area contributed by atoms with Crippen molar-refractivity contribution in [3.63, 3.8) is 0 Å². The van der Waals surface area contributed by atoms with Crippen molar-refractivity contribution in [3.05, 3.63) is 72.3 Å². The van der Waals surface area contributed by atoms with Gasteiger partial charge in [0, 0.05) is 31.7 Å². The van der Waals surface area contributed by atoms with Gasteiger partial charge in [-0.15, -0.1) is 11.3 Å². The average molecular weight is 542 g/mol. The van der Waals surface area contributed by atoms with Gasteiger partial charge in [-0.25, -0.2) is 4.68 Å². The Morgan fingerprint density at radius 2 is 1.96 bits per heavy atom. The number of thiazole rings is 1. The fraction of sp³-hybridized carbons (Fsp3) is 0.158. The second-order valence-electron chi connectivity index (χ2n) is 5.36. The molecule has 3 aromatic rings. The molecule has 0 spiro atoms. The number of hydrogen-bond acceptors (Lipinski definition) is 4. The molecule has 0 amide bonds. The second kappa shape index (κ2) is 9.59. The zero-order valence-electron chi connectivity index (χ0n) is 14.1. The van der Waals surface area contributed by atoms with Crippen LogP contribution in [0.4, 0.5) is 0 Å². The van der Waals surface area contributed by atoms with Crippen LogP contribution in [0.2, 0.25) is 0 Å². The molecule has 0 aliphatic carbocycles. The van der Waals surface area contributed by atoms with Crippen molar-refractivity contribution in [2.24, 2.45) is 10.1 Å². The Bertz CT molecular complexity index is 963. The number of nitrogens with zero attached hydrogens (tertiary/aromatic N) is 3. The monoisotopic (exact) mass is 541 g/mol. The zero-order valence-corrected chi connectivity index (χ0v) is 18.7. The number of methoxy groups -OCH3 is 1. The normalized spacial score (nSPS) is 12.2. The van der Waals surface area contributed by atoms with Crippen LogP contribution in [0.5, 0.6) is 0 Å². The first-order valence-corrected chi connectivity index (χ1v) is 10.7. The molecular formula is C19H17BrIN3OS. The minimum Gasteiger partial charge on any atom is -0.383 e. The van der Waals surface area contributed by atoms with Gasteiger partial charge in [0.25, 0.3) is 0 Å². The van der Waals surface area contributed by atoms with Gasteiger partial charge in [-0.1, -0.05) is 46.3 Å². The summed E-state index contributed by atoms with van der Waals surface area (Å²) in [6.07, 6.45) is 1.88. The third-order valence-corrected chi connectivity index (χ3v) is 5.95. The van der Waals surface area contributed by atoms with E-state index in [0.717, 1.165) is 29.7 Å². The highest BCUT2D eigenvalue weighted by Crippen LogP contribution is 2.22. The molecule has 134 valence electrons. The van der Waals surface area contributed by atoms with Crippen molar-refractivity contribution in [2.45, 2.75) is 0 Å². The van der Waals surface area contributed by atoms with Crippen molar-refractivity contribution >= 4 is 56.1 Å². The molecule has 0 saturated carbocycles. The topological polar surface area (TPSA) is 38.9 Å². The maximum absolute atomic E-state index is 5.11. The summed E-state index contributed by atoms with van der Waals surface area (Å²) in [4.78, 5) is 5.48. The van der Waals surface area contributed by atoms with Crippen LogP contribution < -0.4 is 4.80 Å². The fourth-order valence-corrected chi connectivity index (χ4v) is 3.93. The second-order valence-corrected chi connectivity index (χ2v) is 8.28. The lowest BCUT2D eigenvalue weighted by molar-refractivity contribution is 0.207. The van der Waals surface area contributed by atoms with Crippen LogP contribution in [-0.2, 0) is 4.74 Å². The third-order valence-electron chi connectivity index (χ3n) is 3.59. The summed E-state index contributed by atoms with van der Waals surface area (Å²) in [5, 5.41) is 6.81. The summed E-state index contributed by atoms with van der Waals surface area (Å²) >= 11 is 7.38. The molecule has 0 bridgehead atoms. The Balaban J connectivity index is 2.04. The van der Waals surface area contributed by atoms with E-state index in [0.29, 0.717) is 13.2 Å². The molecule has 0 fully saturated rings. The number of hydrogen-bond donors (Lipinski definition) is 0. The van der Waals surface area contributed by atoms with Crippen molar-refractivity contribution in [1.29, 1.82) is 0 Å². The lowest BCUT2D eigenvalue weighted by Gasteiger charge is -2.04. The van der Waals surface area contributed by atoms with Gasteiger partial charge in [-0.05, 0) is 40.8 Å². The van der Waals surface area contributed by atoms with Gasteiger partial charge in [-0.3, -0.25) is 4.99 Å². The molecule has 0 unspecified atom stereocenters. The van der Waals surface area contributed by atoms with Crippen LogP contribution >= 0.6 is 49.9 Å². The minimum atomic E-state index is 0.589. The first-order chi connectivity index (χ1) is 12.7. The van der Waals surface area contributed by atoms with Crippen molar-refractivity contribution < 1.29 is 4.74 Å². The van der Waals surface area contributed by atoms with Gasteiger partial charge in [0.05, 0.1) is 25.1 Å². The molecule has 3 rings (SSSR count). The Morgan fingerprint density at radius 3 is 2.69 bits per heavy atom. The van der Waals surface area contributed by atoms with E-state index in [1.807, 2.05) is 35.2 Å². The molecule has 0 aliphatic heterocycles. The number of ether oxygens (including phenoxy) is 1. The maximum atomic E-state index is 5.11. The van der Waals surface area contributed by atoms with E-state index in [1.165, 1.54) is 0 Å². The number of benzene rings is 2. The van der Waals surface area contributed by atoms with E-state index in [2.05, 4.69) is 73.2 Å². The molecule has 0 atom stereocenters. The van der Waals surface area contributed by atoms with E-state index in [1.54, 1.807) is 18.4 Å². The van der Waals surface area contributed by atoms with Gasteiger partial charge >= 0.3 is 0 Å². The summed E-state index contributed by atoms with van der Waals surface area (Å²) in [6.45, 7) is 1.20. The smallest absolute Gasteiger partial charge is 0.206 e. The van der Waals surface area contributed by atoms with Gasteiger partial charge in [0.15, 0.2) is 0 Å². The number of rotatable bonds is 6. The predicted octanol–water partition coefficient (Wildman–Crippen LogP) is 5.01. The van der Waals surface area contributed by atoms with Gasteiger partial charge in [-0.2, -0.15) is 5.10 Å². The number of halogens is 2. The van der Waals surface area contributed by atoms with Crippen LogP contribution in [0, 0.1) is 3.57 Å². The van der Waals surface area contributed by atoms with E-state index in [9.17, 15) is 0 Å². The molecule has 0 N–H and O–H groups in total. The van der Waals surface area contributed by atoms with Crippen LogP contribution in [-0.4, -0.2) is 31.2 Å². The minimum absolute atomic E-state index is 0.589. The molecule has 0 radical (unpaired) electrons. The van der Waals surface area contributed by atoms with Gasteiger partial charge in [0.1, 0.15) is 0 Å². The lowest BCUT2D eigenvalue weighted by atomic mass is 10.2. The Morgan fingerprint density at radius 1 is 1.19 bits per heavy atom. The maximum Gasteiger partial charge on any atom is 0.206 e. The van der Waals surface area contributed by atoms with Crippen molar-refractivity contribution in [3.8, 4) is 11.3 Å². The fourth-order valence-electron chi connectivity index (χ4n) is 2.27. The van der Waals surface area contributed by atoms with Crippen molar-refractivity contribution in [1.82, 2.24) is 4.68 Å². The highest BCUT2D eigenvalue weighted by Gasteiger charge is 2.07. The van der Waals surface area contributed by atoms with E-state index in [4.69, 9.17) is 9.84 Å².